The maximum Gasteiger partial charge on any atom is 0.238 e. The third-order valence-electron chi connectivity index (χ3n) is 2.54. The third kappa shape index (κ3) is 2.51. The fourth-order valence-corrected chi connectivity index (χ4v) is 2.39. The van der Waals surface area contributed by atoms with Crippen LogP contribution in [0, 0.1) is 6.92 Å². The van der Waals surface area contributed by atoms with Crippen LogP contribution in [0.4, 0.5) is 5.69 Å². The first-order chi connectivity index (χ1) is 7.88. The molecule has 0 saturated carbocycles. The van der Waals surface area contributed by atoms with Gasteiger partial charge in [0.25, 0.3) is 0 Å². The molecule has 0 radical (unpaired) electrons. The lowest BCUT2D eigenvalue weighted by Crippen LogP contribution is -2.38. The number of benzene rings is 1. The number of ether oxygens (including phenoxy) is 2. The van der Waals surface area contributed by atoms with Gasteiger partial charge in [-0.2, -0.15) is 0 Å². The van der Waals surface area contributed by atoms with Gasteiger partial charge in [0.2, 0.25) is 10.0 Å². The van der Waals surface area contributed by atoms with Gasteiger partial charge >= 0.3 is 0 Å². The number of nitrogen functional groups attached to an aromatic ring is 1. The monoisotopic (exact) mass is 258 g/mol. The van der Waals surface area contributed by atoms with E-state index in [9.17, 15) is 8.42 Å². The Bertz CT molecular complexity index is 537. The first kappa shape index (κ1) is 12.2. The maximum absolute atomic E-state index is 11.4. The molecule has 6 nitrogen and oxygen atoms in total. The Hall–Kier alpha value is -1.31. The molecule has 1 heterocycles. The quantitative estimate of drug-likeness (QED) is 0.743. The zero-order chi connectivity index (χ0) is 12.6. The molecule has 0 amide bonds. The largest absolute Gasteiger partial charge is 0.485 e. The molecule has 0 aliphatic carbocycles. The molecule has 1 aromatic rings. The lowest BCUT2D eigenvalue weighted by molar-refractivity contribution is -0.0799. The van der Waals surface area contributed by atoms with Crippen LogP contribution >= 0.6 is 0 Å². The Morgan fingerprint density at radius 3 is 2.53 bits per heavy atom. The fraction of sp³-hybridized carbons (Fsp3) is 0.400. The van der Waals surface area contributed by atoms with Gasteiger partial charge in [-0.05, 0) is 13.0 Å². The number of rotatable bonds is 3. The summed E-state index contributed by atoms with van der Waals surface area (Å²) in [5.74, 6) is 0.433. The number of primary sulfonamides is 1. The van der Waals surface area contributed by atoms with Crippen molar-refractivity contribution in [2.24, 2.45) is 5.14 Å². The number of hydrogen-bond acceptors (Lipinski definition) is 5. The number of hydrogen-bond donors (Lipinski definition) is 2. The predicted octanol–water partition coefficient (Wildman–Crippen LogP) is 0.00222. The normalized spacial score (nSPS) is 16.6. The first-order valence-corrected chi connectivity index (χ1v) is 6.60. The zero-order valence-electron chi connectivity index (χ0n) is 9.34. The summed E-state index contributed by atoms with van der Waals surface area (Å²) in [5.41, 5.74) is 6.40. The van der Waals surface area contributed by atoms with Gasteiger partial charge in [0.15, 0.2) is 0 Å². The minimum Gasteiger partial charge on any atom is -0.485 e. The van der Waals surface area contributed by atoms with Crippen LogP contribution in [0.5, 0.6) is 5.75 Å². The summed E-state index contributed by atoms with van der Waals surface area (Å²) in [7, 11) is -3.79. The van der Waals surface area contributed by atoms with E-state index in [4.69, 9.17) is 20.3 Å². The topological polar surface area (TPSA) is 105 Å². The molecule has 0 spiro atoms. The van der Waals surface area contributed by atoms with Crippen molar-refractivity contribution in [1.29, 1.82) is 0 Å². The van der Waals surface area contributed by atoms with Gasteiger partial charge in [0.05, 0.1) is 18.1 Å². The van der Waals surface area contributed by atoms with Crippen LogP contribution in [0.15, 0.2) is 17.0 Å². The molecule has 1 aliphatic rings. The van der Waals surface area contributed by atoms with Crippen molar-refractivity contribution in [2.45, 2.75) is 17.9 Å². The van der Waals surface area contributed by atoms with Crippen LogP contribution in [-0.2, 0) is 14.8 Å². The molecule has 0 aromatic heterocycles. The summed E-state index contributed by atoms with van der Waals surface area (Å²) < 4.78 is 33.3. The van der Waals surface area contributed by atoms with Crippen molar-refractivity contribution < 1.29 is 17.9 Å². The number of anilines is 1. The Labute approximate surface area is 99.6 Å². The Morgan fingerprint density at radius 1 is 1.41 bits per heavy atom. The minimum absolute atomic E-state index is 0.00672. The smallest absolute Gasteiger partial charge is 0.238 e. The molecule has 4 N–H and O–H groups in total. The van der Waals surface area contributed by atoms with Crippen molar-refractivity contribution in [3.63, 3.8) is 0 Å². The van der Waals surface area contributed by atoms with E-state index in [0.29, 0.717) is 30.2 Å². The van der Waals surface area contributed by atoms with Gasteiger partial charge in [-0.1, -0.05) is 0 Å². The van der Waals surface area contributed by atoms with E-state index in [2.05, 4.69) is 0 Å². The second-order valence-electron chi connectivity index (χ2n) is 3.96. The predicted molar refractivity (Wildman–Crippen MR) is 62.2 cm³/mol. The van der Waals surface area contributed by atoms with Crippen molar-refractivity contribution in [2.75, 3.05) is 18.9 Å². The first-order valence-electron chi connectivity index (χ1n) is 5.05. The molecule has 7 heteroatoms. The van der Waals surface area contributed by atoms with Gasteiger partial charge in [-0.25, -0.2) is 13.6 Å². The SMILES string of the molecule is Cc1c(OC2COC2)cc(N)cc1S(N)(=O)=O. The summed E-state index contributed by atoms with van der Waals surface area (Å²) in [6.45, 7) is 2.63. The van der Waals surface area contributed by atoms with Crippen LogP contribution in [0.3, 0.4) is 0 Å². The number of nitrogens with two attached hydrogens (primary N) is 2. The molecule has 0 unspecified atom stereocenters. The average molecular weight is 258 g/mol. The van der Waals surface area contributed by atoms with E-state index < -0.39 is 10.0 Å². The lowest BCUT2D eigenvalue weighted by Gasteiger charge is -2.27. The van der Waals surface area contributed by atoms with Crippen molar-refractivity contribution in [3.8, 4) is 5.75 Å². The van der Waals surface area contributed by atoms with E-state index in [-0.39, 0.29) is 11.0 Å². The molecule has 17 heavy (non-hydrogen) atoms. The summed E-state index contributed by atoms with van der Waals surface area (Å²) in [6, 6.07) is 2.91. The average Bonchev–Trinajstić information content (AvgIpc) is 2.14. The van der Waals surface area contributed by atoms with Crippen LogP contribution < -0.4 is 15.6 Å². The molecule has 1 fully saturated rings. The standard InChI is InChI=1S/C10H14N2O4S/c1-6-9(16-8-4-15-5-8)2-7(11)3-10(6)17(12,13)14/h2-3,8H,4-5,11H2,1H3,(H2,12,13,14). The van der Waals surface area contributed by atoms with Gasteiger partial charge in [0.1, 0.15) is 11.9 Å². The molecule has 1 aliphatic heterocycles. The number of sulfonamides is 1. The molecule has 2 rings (SSSR count). The van der Waals surface area contributed by atoms with Crippen LogP contribution in [0.1, 0.15) is 5.56 Å². The highest BCUT2D eigenvalue weighted by atomic mass is 32.2. The van der Waals surface area contributed by atoms with Crippen molar-refractivity contribution >= 4 is 15.7 Å². The highest BCUT2D eigenvalue weighted by Crippen LogP contribution is 2.29. The van der Waals surface area contributed by atoms with Gasteiger partial charge in [-0.15, -0.1) is 0 Å². The molecule has 1 saturated heterocycles. The summed E-state index contributed by atoms with van der Waals surface area (Å²) in [6.07, 6.45) is -0.0520. The second kappa shape index (κ2) is 4.17. The molecular weight excluding hydrogens is 244 g/mol. The zero-order valence-corrected chi connectivity index (χ0v) is 10.2. The highest BCUT2D eigenvalue weighted by molar-refractivity contribution is 7.89. The van der Waals surface area contributed by atoms with Gasteiger partial charge in [-0.3, -0.25) is 0 Å². The molecule has 0 atom stereocenters. The minimum atomic E-state index is -3.79. The molecule has 1 aromatic carbocycles. The van der Waals surface area contributed by atoms with E-state index in [1.807, 2.05) is 0 Å². The lowest BCUT2D eigenvalue weighted by atomic mass is 10.2. The van der Waals surface area contributed by atoms with Crippen molar-refractivity contribution in [3.05, 3.63) is 17.7 Å². The van der Waals surface area contributed by atoms with Crippen LogP contribution in [0.2, 0.25) is 0 Å². The van der Waals surface area contributed by atoms with Crippen molar-refractivity contribution in [1.82, 2.24) is 0 Å². The van der Waals surface area contributed by atoms with E-state index >= 15 is 0 Å². The molecule has 0 bridgehead atoms. The Kier molecular flexibility index (Phi) is 2.98. The van der Waals surface area contributed by atoms with E-state index in [0.717, 1.165) is 0 Å². The van der Waals surface area contributed by atoms with E-state index in [1.54, 1.807) is 13.0 Å². The fourth-order valence-electron chi connectivity index (χ4n) is 1.56. The maximum atomic E-state index is 11.4. The molecular formula is C10H14N2O4S. The summed E-state index contributed by atoms with van der Waals surface area (Å²) in [5, 5.41) is 5.11. The van der Waals surface area contributed by atoms with Gasteiger partial charge in [0, 0.05) is 17.3 Å². The van der Waals surface area contributed by atoms with Gasteiger partial charge < -0.3 is 15.2 Å². The summed E-state index contributed by atoms with van der Waals surface area (Å²) in [4.78, 5) is -0.00672. The molecule has 94 valence electrons. The third-order valence-corrected chi connectivity index (χ3v) is 3.58. The van der Waals surface area contributed by atoms with Crippen LogP contribution in [0.25, 0.3) is 0 Å². The Morgan fingerprint density at radius 2 is 2.06 bits per heavy atom. The van der Waals surface area contributed by atoms with E-state index in [1.165, 1.54) is 6.07 Å². The van der Waals surface area contributed by atoms with Crippen LogP contribution in [-0.4, -0.2) is 27.7 Å². The Balaban J connectivity index is 2.41. The second-order valence-corrected chi connectivity index (χ2v) is 5.49. The summed E-state index contributed by atoms with van der Waals surface area (Å²) >= 11 is 0. The highest BCUT2D eigenvalue weighted by Gasteiger charge is 2.23.